The smallest absolute Gasteiger partial charge is 0.160 e. The van der Waals surface area contributed by atoms with E-state index >= 15 is 0 Å². The summed E-state index contributed by atoms with van der Waals surface area (Å²) in [4.78, 5) is 11.8. The molecule has 0 aliphatic carbocycles. The normalized spacial score (nSPS) is 10.4. The lowest BCUT2D eigenvalue weighted by molar-refractivity contribution is 0.112. The summed E-state index contributed by atoms with van der Waals surface area (Å²) in [5.74, 6) is 5.47. The van der Waals surface area contributed by atoms with Crippen LogP contribution in [0.25, 0.3) is 0 Å². The second-order valence-electron chi connectivity index (χ2n) is 3.13. The number of hydrogen-bond donors (Lipinski definition) is 1. The zero-order valence-corrected chi connectivity index (χ0v) is 8.31. The molecule has 1 aromatic rings. The van der Waals surface area contributed by atoms with E-state index in [1.165, 1.54) is 11.3 Å². The highest BCUT2D eigenvalue weighted by atomic mass is 32.1. The summed E-state index contributed by atoms with van der Waals surface area (Å²) in [7, 11) is 0. The van der Waals surface area contributed by atoms with E-state index in [-0.39, 0.29) is 0 Å². The van der Waals surface area contributed by atoms with Crippen molar-refractivity contribution in [1.82, 2.24) is 0 Å². The monoisotopic (exact) mass is 194 g/mol. The topological polar surface area (TPSA) is 37.3 Å². The first kappa shape index (κ1) is 9.97. The van der Waals surface area contributed by atoms with Crippen LogP contribution in [0.15, 0.2) is 12.1 Å². The standard InChI is InChI=1S/C10H10O2S/c1-10(2,12)6-5-8-3-4-9(7-11)13-8/h3-4,7,12H,1-2H3. The summed E-state index contributed by atoms with van der Waals surface area (Å²) >= 11 is 1.32. The number of aldehydes is 1. The van der Waals surface area contributed by atoms with Crippen molar-refractivity contribution < 1.29 is 9.90 Å². The molecule has 13 heavy (non-hydrogen) atoms. The van der Waals surface area contributed by atoms with E-state index in [1.807, 2.05) is 0 Å². The van der Waals surface area contributed by atoms with Gasteiger partial charge in [0.25, 0.3) is 0 Å². The lowest BCUT2D eigenvalue weighted by Gasteiger charge is -2.05. The molecular weight excluding hydrogens is 184 g/mol. The Balaban J connectivity index is 2.84. The van der Waals surface area contributed by atoms with E-state index in [0.29, 0.717) is 4.88 Å². The van der Waals surface area contributed by atoms with Gasteiger partial charge in [0, 0.05) is 0 Å². The first-order chi connectivity index (χ1) is 6.01. The van der Waals surface area contributed by atoms with Gasteiger partial charge in [0.1, 0.15) is 5.60 Å². The number of aliphatic hydroxyl groups is 1. The van der Waals surface area contributed by atoms with Gasteiger partial charge in [-0.05, 0) is 26.0 Å². The highest BCUT2D eigenvalue weighted by Gasteiger charge is 2.05. The summed E-state index contributed by atoms with van der Waals surface area (Å²) in [6.07, 6.45) is 0.792. The Hall–Kier alpha value is -1.11. The minimum atomic E-state index is -0.981. The number of carbonyl (C=O) groups is 1. The molecule has 1 rings (SSSR count). The van der Waals surface area contributed by atoms with E-state index in [0.717, 1.165) is 11.2 Å². The van der Waals surface area contributed by atoms with E-state index < -0.39 is 5.60 Å². The second-order valence-corrected chi connectivity index (χ2v) is 4.24. The number of carbonyl (C=O) groups excluding carboxylic acids is 1. The summed E-state index contributed by atoms with van der Waals surface area (Å²) in [5, 5.41) is 9.30. The van der Waals surface area contributed by atoms with Gasteiger partial charge in [0.05, 0.1) is 9.75 Å². The maximum atomic E-state index is 10.3. The zero-order valence-electron chi connectivity index (χ0n) is 7.50. The average molecular weight is 194 g/mol. The molecule has 0 saturated heterocycles. The Morgan fingerprint density at radius 3 is 2.69 bits per heavy atom. The molecule has 0 bridgehead atoms. The second kappa shape index (κ2) is 3.73. The van der Waals surface area contributed by atoms with Gasteiger partial charge in [-0.25, -0.2) is 0 Å². The molecule has 0 saturated carbocycles. The molecule has 0 aliphatic rings. The predicted molar refractivity (Wildman–Crippen MR) is 52.9 cm³/mol. The van der Waals surface area contributed by atoms with E-state index in [4.69, 9.17) is 0 Å². The largest absolute Gasteiger partial charge is 0.378 e. The van der Waals surface area contributed by atoms with E-state index in [9.17, 15) is 9.90 Å². The molecular formula is C10H10O2S. The molecule has 2 nitrogen and oxygen atoms in total. The van der Waals surface area contributed by atoms with Gasteiger partial charge in [-0.2, -0.15) is 0 Å². The van der Waals surface area contributed by atoms with Gasteiger partial charge in [-0.1, -0.05) is 11.8 Å². The van der Waals surface area contributed by atoms with Gasteiger partial charge in [0.2, 0.25) is 0 Å². The van der Waals surface area contributed by atoms with Crippen LogP contribution in [0, 0.1) is 11.8 Å². The molecule has 0 aromatic carbocycles. The lowest BCUT2D eigenvalue weighted by atomic mass is 10.1. The van der Waals surface area contributed by atoms with Gasteiger partial charge in [-0.3, -0.25) is 4.79 Å². The molecule has 0 radical (unpaired) electrons. The SMILES string of the molecule is CC(C)(O)C#Cc1ccc(C=O)s1. The summed E-state index contributed by atoms with van der Waals surface area (Å²) in [6.45, 7) is 3.24. The summed E-state index contributed by atoms with van der Waals surface area (Å²) in [5.41, 5.74) is -0.981. The van der Waals surface area contributed by atoms with Crippen molar-refractivity contribution in [1.29, 1.82) is 0 Å². The third-order valence-corrected chi connectivity index (χ3v) is 2.16. The third-order valence-electron chi connectivity index (χ3n) is 1.23. The molecule has 1 heterocycles. The summed E-state index contributed by atoms with van der Waals surface area (Å²) < 4.78 is 0. The van der Waals surface area contributed by atoms with Crippen LogP contribution in [0.1, 0.15) is 28.4 Å². The maximum Gasteiger partial charge on any atom is 0.160 e. The molecule has 1 N–H and O–H groups in total. The van der Waals surface area contributed by atoms with Crippen LogP contribution < -0.4 is 0 Å². The van der Waals surface area contributed by atoms with Gasteiger partial charge in [-0.15, -0.1) is 11.3 Å². The number of hydrogen-bond acceptors (Lipinski definition) is 3. The van der Waals surface area contributed by atoms with Crippen molar-refractivity contribution >= 4 is 17.6 Å². The first-order valence-electron chi connectivity index (χ1n) is 3.82. The molecule has 68 valence electrons. The van der Waals surface area contributed by atoms with Crippen molar-refractivity contribution in [2.24, 2.45) is 0 Å². The van der Waals surface area contributed by atoms with Gasteiger partial charge in [0.15, 0.2) is 6.29 Å². The quantitative estimate of drug-likeness (QED) is 0.545. The van der Waals surface area contributed by atoms with Gasteiger partial charge < -0.3 is 5.11 Å². The van der Waals surface area contributed by atoms with Crippen LogP contribution in [0.5, 0.6) is 0 Å². The first-order valence-corrected chi connectivity index (χ1v) is 4.63. The van der Waals surface area contributed by atoms with Crippen LogP contribution in [0.4, 0.5) is 0 Å². The zero-order chi connectivity index (χ0) is 9.90. The fourth-order valence-corrected chi connectivity index (χ4v) is 1.37. The Labute approximate surface area is 81.2 Å². The average Bonchev–Trinajstić information content (AvgIpc) is 2.47. The van der Waals surface area contributed by atoms with Crippen LogP contribution in [0.2, 0.25) is 0 Å². The minimum absolute atomic E-state index is 0.653. The maximum absolute atomic E-state index is 10.3. The third kappa shape index (κ3) is 3.41. The molecule has 0 spiro atoms. The van der Waals surface area contributed by atoms with Crippen LogP contribution in [-0.4, -0.2) is 17.0 Å². The molecule has 0 fully saturated rings. The molecule has 1 aromatic heterocycles. The van der Waals surface area contributed by atoms with Crippen molar-refractivity contribution in [2.45, 2.75) is 19.4 Å². The Bertz CT molecular complexity index is 360. The molecule has 0 atom stereocenters. The molecule has 0 amide bonds. The molecule has 3 heteroatoms. The van der Waals surface area contributed by atoms with E-state index in [1.54, 1.807) is 26.0 Å². The minimum Gasteiger partial charge on any atom is -0.378 e. The fraction of sp³-hybridized carbons (Fsp3) is 0.300. The number of thiophene rings is 1. The van der Waals surface area contributed by atoms with Gasteiger partial charge >= 0.3 is 0 Å². The highest BCUT2D eigenvalue weighted by Crippen LogP contribution is 2.13. The predicted octanol–water partition coefficient (Wildman–Crippen LogP) is 1.68. The van der Waals surface area contributed by atoms with Crippen molar-refractivity contribution in [3.8, 4) is 11.8 Å². The van der Waals surface area contributed by atoms with Crippen LogP contribution in [0.3, 0.4) is 0 Å². The lowest BCUT2D eigenvalue weighted by Crippen LogP contribution is -2.14. The van der Waals surface area contributed by atoms with Crippen molar-refractivity contribution in [2.75, 3.05) is 0 Å². The molecule has 0 unspecified atom stereocenters. The Morgan fingerprint density at radius 2 is 2.23 bits per heavy atom. The Kier molecular flexibility index (Phi) is 2.86. The summed E-state index contributed by atoms with van der Waals surface area (Å²) in [6, 6.07) is 3.49. The van der Waals surface area contributed by atoms with Crippen LogP contribution in [-0.2, 0) is 0 Å². The van der Waals surface area contributed by atoms with Crippen molar-refractivity contribution in [3.63, 3.8) is 0 Å². The highest BCUT2D eigenvalue weighted by molar-refractivity contribution is 7.14. The number of rotatable bonds is 1. The van der Waals surface area contributed by atoms with E-state index in [2.05, 4.69) is 11.8 Å². The Morgan fingerprint density at radius 1 is 1.54 bits per heavy atom. The van der Waals surface area contributed by atoms with Crippen LogP contribution >= 0.6 is 11.3 Å². The van der Waals surface area contributed by atoms with Crippen molar-refractivity contribution in [3.05, 3.63) is 21.9 Å². The molecule has 0 aliphatic heterocycles. The fourth-order valence-electron chi connectivity index (χ4n) is 0.698.